The van der Waals surface area contributed by atoms with Gasteiger partial charge in [-0.25, -0.2) is 0 Å². The number of hydrogen-bond acceptors (Lipinski definition) is 4. The molecular formula is C14H13FN2O2S. The largest absolute Gasteiger partial charge is 0.398 e. The maximum atomic E-state index is 13.9. The second-order valence-electron chi connectivity index (χ2n) is 4.28. The van der Waals surface area contributed by atoms with Gasteiger partial charge in [0, 0.05) is 28.0 Å². The fourth-order valence-electron chi connectivity index (χ4n) is 1.75. The lowest BCUT2D eigenvalue weighted by molar-refractivity contribution is -0.387. The highest BCUT2D eigenvalue weighted by molar-refractivity contribution is 7.98. The average molecular weight is 292 g/mol. The molecule has 4 nitrogen and oxygen atoms in total. The summed E-state index contributed by atoms with van der Waals surface area (Å²) in [6.45, 7) is 1.90. The summed E-state index contributed by atoms with van der Waals surface area (Å²) in [5, 5.41) is 10.7. The number of anilines is 1. The van der Waals surface area contributed by atoms with E-state index in [1.807, 2.05) is 25.1 Å². The zero-order chi connectivity index (χ0) is 14.7. The van der Waals surface area contributed by atoms with Crippen LogP contribution in [0.25, 0.3) is 0 Å². The lowest BCUT2D eigenvalue weighted by Crippen LogP contribution is -1.97. The number of para-hydroxylation sites is 1. The van der Waals surface area contributed by atoms with Crippen molar-refractivity contribution in [3.63, 3.8) is 0 Å². The van der Waals surface area contributed by atoms with Crippen LogP contribution in [0, 0.1) is 22.9 Å². The van der Waals surface area contributed by atoms with Crippen molar-refractivity contribution < 1.29 is 9.31 Å². The number of nitro groups is 1. The van der Waals surface area contributed by atoms with E-state index in [4.69, 9.17) is 5.73 Å². The average Bonchev–Trinajstić information content (AvgIpc) is 2.41. The van der Waals surface area contributed by atoms with E-state index >= 15 is 0 Å². The Morgan fingerprint density at radius 1 is 1.30 bits per heavy atom. The number of benzene rings is 2. The number of nitrogens with two attached hydrogens (primary N) is 1. The van der Waals surface area contributed by atoms with E-state index in [0.29, 0.717) is 17.0 Å². The Labute approximate surface area is 119 Å². The van der Waals surface area contributed by atoms with Gasteiger partial charge in [0.25, 0.3) is 0 Å². The maximum Gasteiger partial charge on any atom is 0.305 e. The number of aryl methyl sites for hydroxylation is 1. The molecule has 0 aromatic heterocycles. The molecule has 0 aliphatic heterocycles. The van der Waals surface area contributed by atoms with Gasteiger partial charge in [0.1, 0.15) is 0 Å². The standard InChI is InChI=1S/C14H13FN2O2S/c1-9-4-2-7-12(14(9)16)20-8-10-5-3-6-11(13(10)15)17(18)19/h2-7H,8,16H2,1H3. The van der Waals surface area contributed by atoms with Crippen LogP contribution >= 0.6 is 11.8 Å². The Balaban J connectivity index is 2.21. The first-order chi connectivity index (χ1) is 9.50. The smallest absolute Gasteiger partial charge is 0.305 e. The molecule has 2 N–H and O–H groups in total. The van der Waals surface area contributed by atoms with Crippen molar-refractivity contribution in [3.8, 4) is 0 Å². The number of nitrogens with zero attached hydrogens (tertiary/aromatic N) is 1. The molecule has 0 aliphatic carbocycles. The van der Waals surface area contributed by atoms with Crippen LogP contribution in [0.5, 0.6) is 0 Å². The Kier molecular flexibility index (Phi) is 4.24. The summed E-state index contributed by atoms with van der Waals surface area (Å²) in [6.07, 6.45) is 0. The second-order valence-corrected chi connectivity index (χ2v) is 5.30. The van der Waals surface area contributed by atoms with E-state index in [9.17, 15) is 14.5 Å². The Hall–Kier alpha value is -2.08. The molecule has 0 radical (unpaired) electrons. The highest BCUT2D eigenvalue weighted by atomic mass is 32.2. The molecule has 0 spiro atoms. The second kappa shape index (κ2) is 5.92. The molecular weight excluding hydrogens is 279 g/mol. The molecule has 2 aromatic carbocycles. The summed E-state index contributed by atoms with van der Waals surface area (Å²) in [5.41, 5.74) is 7.35. The molecule has 20 heavy (non-hydrogen) atoms. The summed E-state index contributed by atoms with van der Waals surface area (Å²) in [6, 6.07) is 9.80. The fraction of sp³-hybridized carbons (Fsp3) is 0.143. The lowest BCUT2D eigenvalue weighted by atomic mass is 10.2. The normalized spacial score (nSPS) is 10.5. The van der Waals surface area contributed by atoms with Gasteiger partial charge < -0.3 is 5.73 Å². The molecule has 0 unspecified atom stereocenters. The van der Waals surface area contributed by atoms with E-state index < -0.39 is 16.4 Å². The van der Waals surface area contributed by atoms with Crippen LogP contribution in [0.3, 0.4) is 0 Å². The molecule has 104 valence electrons. The van der Waals surface area contributed by atoms with E-state index in [1.54, 1.807) is 6.07 Å². The van der Waals surface area contributed by atoms with Crippen molar-refractivity contribution in [2.24, 2.45) is 0 Å². The summed E-state index contributed by atoms with van der Waals surface area (Å²) in [7, 11) is 0. The van der Waals surface area contributed by atoms with Gasteiger partial charge in [-0.1, -0.05) is 24.3 Å². The molecule has 0 atom stereocenters. The molecule has 0 aliphatic rings. The quantitative estimate of drug-likeness (QED) is 0.401. The zero-order valence-corrected chi connectivity index (χ0v) is 11.6. The van der Waals surface area contributed by atoms with Gasteiger partial charge in [0.05, 0.1) is 4.92 Å². The number of rotatable bonds is 4. The summed E-state index contributed by atoms with van der Waals surface area (Å²) >= 11 is 1.36. The number of halogens is 1. The summed E-state index contributed by atoms with van der Waals surface area (Å²) in [4.78, 5) is 10.8. The van der Waals surface area contributed by atoms with Gasteiger partial charge in [-0.2, -0.15) is 4.39 Å². The first kappa shape index (κ1) is 14.3. The first-order valence-corrected chi connectivity index (χ1v) is 6.89. The van der Waals surface area contributed by atoms with Crippen LogP contribution in [-0.2, 0) is 5.75 Å². The third kappa shape index (κ3) is 2.91. The van der Waals surface area contributed by atoms with E-state index in [0.717, 1.165) is 16.5 Å². The highest BCUT2D eigenvalue weighted by Crippen LogP contribution is 2.32. The van der Waals surface area contributed by atoms with Crippen LogP contribution in [0.4, 0.5) is 15.8 Å². The minimum absolute atomic E-state index is 0.293. The lowest BCUT2D eigenvalue weighted by Gasteiger charge is -2.08. The Morgan fingerprint density at radius 2 is 2.00 bits per heavy atom. The van der Waals surface area contributed by atoms with Crippen molar-refractivity contribution in [1.29, 1.82) is 0 Å². The predicted octanol–water partition coefficient (Wildman–Crippen LogP) is 3.92. The number of thioether (sulfide) groups is 1. The molecule has 0 fully saturated rings. The van der Waals surface area contributed by atoms with Gasteiger partial charge in [0.15, 0.2) is 0 Å². The molecule has 0 bridgehead atoms. The minimum Gasteiger partial charge on any atom is -0.398 e. The maximum absolute atomic E-state index is 13.9. The van der Waals surface area contributed by atoms with Gasteiger partial charge in [0.2, 0.25) is 5.82 Å². The van der Waals surface area contributed by atoms with Crippen LogP contribution < -0.4 is 5.73 Å². The third-order valence-electron chi connectivity index (χ3n) is 2.92. The predicted molar refractivity (Wildman–Crippen MR) is 78.2 cm³/mol. The van der Waals surface area contributed by atoms with Gasteiger partial charge in [-0.15, -0.1) is 11.8 Å². The molecule has 6 heteroatoms. The molecule has 0 saturated heterocycles. The number of hydrogen-bond donors (Lipinski definition) is 1. The SMILES string of the molecule is Cc1cccc(SCc2cccc([N+](=O)[O-])c2F)c1N. The van der Waals surface area contributed by atoms with E-state index in [-0.39, 0.29) is 0 Å². The van der Waals surface area contributed by atoms with Crippen LogP contribution in [0.2, 0.25) is 0 Å². The van der Waals surface area contributed by atoms with E-state index in [1.165, 1.54) is 17.8 Å². The molecule has 0 amide bonds. The van der Waals surface area contributed by atoms with Crippen molar-refractivity contribution in [2.45, 2.75) is 17.6 Å². The first-order valence-electron chi connectivity index (χ1n) is 5.90. The van der Waals surface area contributed by atoms with Crippen molar-refractivity contribution in [2.75, 3.05) is 5.73 Å². The molecule has 2 aromatic rings. The number of nitro benzene ring substituents is 1. The Morgan fingerprint density at radius 3 is 2.70 bits per heavy atom. The fourth-order valence-corrected chi connectivity index (χ4v) is 2.78. The van der Waals surface area contributed by atoms with Crippen molar-refractivity contribution >= 4 is 23.1 Å². The third-order valence-corrected chi connectivity index (χ3v) is 4.04. The van der Waals surface area contributed by atoms with E-state index in [2.05, 4.69) is 0 Å². The van der Waals surface area contributed by atoms with Crippen molar-refractivity contribution in [1.82, 2.24) is 0 Å². The summed E-state index contributed by atoms with van der Waals surface area (Å²) in [5.74, 6) is -0.488. The molecule has 0 heterocycles. The van der Waals surface area contributed by atoms with Gasteiger partial charge >= 0.3 is 5.69 Å². The number of nitrogen functional groups attached to an aromatic ring is 1. The highest BCUT2D eigenvalue weighted by Gasteiger charge is 2.17. The van der Waals surface area contributed by atoms with Gasteiger partial charge in [-0.05, 0) is 18.6 Å². The van der Waals surface area contributed by atoms with Crippen LogP contribution in [-0.4, -0.2) is 4.92 Å². The minimum atomic E-state index is -0.781. The summed E-state index contributed by atoms with van der Waals surface area (Å²) < 4.78 is 13.9. The molecule has 0 saturated carbocycles. The zero-order valence-electron chi connectivity index (χ0n) is 10.8. The Bertz CT molecular complexity index is 662. The van der Waals surface area contributed by atoms with Crippen molar-refractivity contribution in [3.05, 3.63) is 63.5 Å². The monoisotopic (exact) mass is 292 g/mol. The van der Waals surface area contributed by atoms with Crippen LogP contribution in [0.15, 0.2) is 41.3 Å². The molecule has 2 rings (SSSR count). The topological polar surface area (TPSA) is 69.2 Å². The van der Waals surface area contributed by atoms with Crippen LogP contribution in [0.1, 0.15) is 11.1 Å². The van der Waals surface area contributed by atoms with Gasteiger partial charge in [-0.3, -0.25) is 10.1 Å².